The summed E-state index contributed by atoms with van der Waals surface area (Å²) < 4.78 is 22.0. The van der Waals surface area contributed by atoms with Crippen molar-refractivity contribution in [2.24, 2.45) is 5.10 Å². The number of hydrogen-bond acceptors (Lipinski definition) is 7. The Balaban J connectivity index is 1.55. The zero-order chi connectivity index (χ0) is 19.6. The molecule has 0 saturated carbocycles. The first kappa shape index (κ1) is 19.9. The minimum atomic E-state index is -0.408. The number of hydrazone groups is 1. The lowest BCUT2D eigenvalue weighted by Crippen LogP contribution is -2.38. The molecule has 8 nitrogen and oxygen atoms in total. The molecule has 1 amide bonds. The number of nitrogens with one attached hydrogen (secondary N) is 1. The van der Waals surface area contributed by atoms with Crippen LogP contribution in [0.5, 0.6) is 11.5 Å². The first-order valence-corrected chi connectivity index (χ1v) is 9.33. The van der Waals surface area contributed by atoms with E-state index in [1.807, 2.05) is 25.1 Å². The second-order valence-electron chi connectivity index (χ2n) is 6.12. The molecule has 1 fully saturated rings. The smallest absolute Gasteiger partial charge is 0.307 e. The van der Waals surface area contributed by atoms with E-state index in [-0.39, 0.29) is 5.76 Å². The van der Waals surface area contributed by atoms with Crippen LogP contribution in [0.25, 0.3) is 0 Å². The molecule has 1 aliphatic rings. The molecular formula is C20H25N3O5. The number of furan rings is 1. The van der Waals surface area contributed by atoms with E-state index in [0.717, 1.165) is 38.4 Å². The lowest BCUT2D eigenvalue weighted by Gasteiger charge is -2.26. The third-order valence-corrected chi connectivity index (χ3v) is 4.16. The van der Waals surface area contributed by atoms with Gasteiger partial charge in [0.25, 0.3) is 0 Å². The number of rotatable bonds is 9. The molecule has 150 valence electrons. The summed E-state index contributed by atoms with van der Waals surface area (Å²) in [7, 11) is 0. The number of carbonyl (C=O) groups is 1. The molecule has 0 unspecified atom stereocenters. The minimum Gasteiger partial charge on any atom is -0.490 e. The van der Waals surface area contributed by atoms with Crippen molar-refractivity contribution < 1.29 is 23.4 Å². The number of benzene rings is 1. The average molecular weight is 387 g/mol. The Hall–Kier alpha value is -2.84. The van der Waals surface area contributed by atoms with Crippen molar-refractivity contribution in [3.63, 3.8) is 0 Å². The van der Waals surface area contributed by atoms with Crippen molar-refractivity contribution in [1.82, 2.24) is 10.3 Å². The van der Waals surface area contributed by atoms with Crippen LogP contribution >= 0.6 is 0 Å². The van der Waals surface area contributed by atoms with Gasteiger partial charge in [-0.15, -0.1) is 0 Å². The summed E-state index contributed by atoms with van der Waals surface area (Å²) in [4.78, 5) is 14.1. The van der Waals surface area contributed by atoms with Gasteiger partial charge in [0.2, 0.25) is 0 Å². The van der Waals surface area contributed by atoms with Crippen LogP contribution < -0.4 is 14.9 Å². The third kappa shape index (κ3) is 5.83. The molecule has 1 aromatic carbocycles. The minimum absolute atomic E-state index is 0.205. The monoisotopic (exact) mass is 387 g/mol. The highest BCUT2D eigenvalue weighted by atomic mass is 16.5. The fourth-order valence-electron chi connectivity index (χ4n) is 2.73. The van der Waals surface area contributed by atoms with Crippen LogP contribution in [0.2, 0.25) is 0 Å². The van der Waals surface area contributed by atoms with Crippen molar-refractivity contribution in [1.29, 1.82) is 0 Å². The van der Waals surface area contributed by atoms with Crippen LogP contribution in [0, 0.1) is 0 Å². The van der Waals surface area contributed by atoms with E-state index < -0.39 is 5.91 Å². The largest absolute Gasteiger partial charge is 0.490 e. The van der Waals surface area contributed by atoms with Crippen LogP contribution in [0.3, 0.4) is 0 Å². The number of ether oxygens (including phenoxy) is 3. The zero-order valence-electron chi connectivity index (χ0n) is 15.9. The van der Waals surface area contributed by atoms with Gasteiger partial charge in [-0.2, -0.15) is 5.10 Å². The second kappa shape index (κ2) is 10.5. The lowest BCUT2D eigenvalue weighted by atomic mass is 10.2. The van der Waals surface area contributed by atoms with Crippen molar-refractivity contribution in [2.75, 3.05) is 46.1 Å². The zero-order valence-corrected chi connectivity index (χ0v) is 15.9. The molecule has 3 rings (SSSR count). The first-order chi connectivity index (χ1) is 13.8. The van der Waals surface area contributed by atoms with Crippen LogP contribution in [-0.4, -0.2) is 63.1 Å². The Morgan fingerprint density at radius 2 is 2.11 bits per heavy atom. The maximum absolute atomic E-state index is 11.8. The van der Waals surface area contributed by atoms with Crippen molar-refractivity contribution in [2.45, 2.75) is 6.92 Å². The summed E-state index contributed by atoms with van der Waals surface area (Å²) in [5, 5.41) is 3.95. The van der Waals surface area contributed by atoms with Crippen molar-refractivity contribution in [3.05, 3.63) is 47.9 Å². The molecule has 1 N–H and O–H groups in total. The third-order valence-electron chi connectivity index (χ3n) is 4.16. The maximum atomic E-state index is 11.8. The quantitative estimate of drug-likeness (QED) is 0.524. The Labute approximate surface area is 164 Å². The van der Waals surface area contributed by atoms with Gasteiger partial charge < -0.3 is 18.6 Å². The van der Waals surface area contributed by atoms with E-state index in [9.17, 15) is 4.79 Å². The van der Waals surface area contributed by atoms with Crippen LogP contribution in [0.15, 0.2) is 46.1 Å². The van der Waals surface area contributed by atoms with Gasteiger partial charge in [-0.1, -0.05) is 0 Å². The van der Waals surface area contributed by atoms with Gasteiger partial charge >= 0.3 is 5.91 Å². The van der Waals surface area contributed by atoms with E-state index in [2.05, 4.69) is 15.4 Å². The first-order valence-electron chi connectivity index (χ1n) is 9.33. The summed E-state index contributed by atoms with van der Waals surface area (Å²) in [6.45, 7) is 7.27. The van der Waals surface area contributed by atoms with Crippen molar-refractivity contribution in [3.8, 4) is 11.5 Å². The number of amides is 1. The fourth-order valence-corrected chi connectivity index (χ4v) is 2.73. The Morgan fingerprint density at radius 3 is 2.86 bits per heavy atom. The highest BCUT2D eigenvalue weighted by Gasteiger charge is 2.11. The predicted octanol–water partition coefficient (Wildman–Crippen LogP) is 2.15. The maximum Gasteiger partial charge on any atom is 0.307 e. The predicted molar refractivity (Wildman–Crippen MR) is 104 cm³/mol. The molecule has 1 saturated heterocycles. The van der Waals surface area contributed by atoms with Gasteiger partial charge in [-0.25, -0.2) is 5.43 Å². The average Bonchev–Trinajstić information content (AvgIpc) is 3.25. The van der Waals surface area contributed by atoms with Gasteiger partial charge in [0.1, 0.15) is 6.61 Å². The SMILES string of the molecule is CCOc1cc(/C=N/NC(=O)c2ccco2)ccc1OCCN1CCOCC1. The Morgan fingerprint density at radius 1 is 1.25 bits per heavy atom. The van der Waals surface area contributed by atoms with Crippen molar-refractivity contribution >= 4 is 12.1 Å². The molecule has 1 aliphatic heterocycles. The molecule has 2 heterocycles. The van der Waals surface area contributed by atoms with Gasteiger partial charge in [0.05, 0.1) is 32.3 Å². The number of morpholine rings is 1. The molecule has 28 heavy (non-hydrogen) atoms. The van der Waals surface area contributed by atoms with Crippen LogP contribution in [0.1, 0.15) is 23.0 Å². The molecule has 0 bridgehead atoms. The Bertz CT molecular complexity index is 770. The highest BCUT2D eigenvalue weighted by molar-refractivity contribution is 5.92. The standard InChI is InChI=1S/C20H25N3O5/c1-2-26-19-14-16(15-21-22-20(24)18-4-3-10-27-18)5-6-17(19)28-13-9-23-7-11-25-12-8-23/h3-6,10,14-15H,2,7-9,11-13H2,1H3,(H,22,24)/b21-15+. The normalized spacial score (nSPS) is 14.9. The number of hydrogen-bond donors (Lipinski definition) is 1. The fraction of sp³-hybridized carbons (Fsp3) is 0.400. The van der Waals surface area contributed by atoms with E-state index in [4.69, 9.17) is 18.6 Å². The highest BCUT2D eigenvalue weighted by Crippen LogP contribution is 2.28. The molecule has 0 spiro atoms. The summed E-state index contributed by atoms with van der Waals surface area (Å²) in [5.41, 5.74) is 3.20. The number of nitrogens with zero attached hydrogens (tertiary/aromatic N) is 2. The molecule has 0 atom stereocenters. The number of carbonyl (C=O) groups excluding carboxylic acids is 1. The summed E-state index contributed by atoms with van der Waals surface area (Å²) >= 11 is 0. The molecule has 1 aromatic heterocycles. The summed E-state index contributed by atoms with van der Waals surface area (Å²) in [6.07, 6.45) is 2.98. The topological polar surface area (TPSA) is 85.5 Å². The van der Waals surface area contributed by atoms with E-state index in [1.165, 1.54) is 6.26 Å². The van der Waals surface area contributed by atoms with Crippen LogP contribution in [-0.2, 0) is 4.74 Å². The second-order valence-corrected chi connectivity index (χ2v) is 6.12. The van der Waals surface area contributed by atoms with Gasteiger partial charge in [-0.3, -0.25) is 9.69 Å². The molecular weight excluding hydrogens is 362 g/mol. The molecule has 8 heteroatoms. The van der Waals surface area contributed by atoms with Gasteiger partial charge in [0, 0.05) is 19.6 Å². The lowest BCUT2D eigenvalue weighted by molar-refractivity contribution is 0.0321. The molecule has 0 aliphatic carbocycles. The summed E-state index contributed by atoms with van der Waals surface area (Å²) in [6, 6.07) is 8.75. The van der Waals surface area contributed by atoms with Crippen LogP contribution in [0.4, 0.5) is 0 Å². The van der Waals surface area contributed by atoms with E-state index in [1.54, 1.807) is 18.3 Å². The molecule has 2 aromatic rings. The summed E-state index contributed by atoms with van der Waals surface area (Å²) in [5.74, 6) is 1.13. The molecule has 0 radical (unpaired) electrons. The Kier molecular flexibility index (Phi) is 7.45. The van der Waals surface area contributed by atoms with Gasteiger partial charge in [-0.05, 0) is 42.8 Å². The van der Waals surface area contributed by atoms with E-state index in [0.29, 0.717) is 24.7 Å². The van der Waals surface area contributed by atoms with Gasteiger partial charge in [0.15, 0.2) is 17.3 Å². The van der Waals surface area contributed by atoms with E-state index >= 15 is 0 Å².